The van der Waals surface area contributed by atoms with E-state index in [4.69, 9.17) is 16.3 Å². The Hall–Kier alpha value is -2.48. The molecule has 1 heterocycles. The SMILES string of the molecule is CC(C=CC(Cl)=CCC(=O)c1ccncc1)NS(=O)(=O)c1ccc(OC(C)C)cc1. The summed E-state index contributed by atoms with van der Waals surface area (Å²) in [5.41, 5.74) is 0.556. The first kappa shape index (κ1) is 23.8. The van der Waals surface area contributed by atoms with E-state index in [1.807, 2.05) is 13.8 Å². The molecule has 30 heavy (non-hydrogen) atoms. The number of carbonyl (C=O) groups excluding carboxylic acids is 1. The van der Waals surface area contributed by atoms with Gasteiger partial charge in [-0.05, 0) is 63.2 Å². The second kappa shape index (κ2) is 11.1. The Morgan fingerprint density at radius 2 is 1.77 bits per heavy atom. The third kappa shape index (κ3) is 7.74. The molecule has 0 bridgehead atoms. The monoisotopic (exact) mass is 448 g/mol. The number of hydrogen-bond acceptors (Lipinski definition) is 5. The van der Waals surface area contributed by atoms with E-state index in [2.05, 4.69) is 9.71 Å². The number of ketones is 1. The van der Waals surface area contributed by atoms with Crippen LogP contribution in [0.4, 0.5) is 0 Å². The predicted molar refractivity (Wildman–Crippen MR) is 118 cm³/mol. The van der Waals surface area contributed by atoms with Crippen LogP contribution in [0.25, 0.3) is 0 Å². The first-order chi connectivity index (χ1) is 14.2. The standard InChI is InChI=1S/C22H25ClN2O4S/c1-16(2)29-20-7-9-21(10-8-20)30(27,28)25-17(3)4-5-19(23)6-11-22(26)18-12-14-24-15-13-18/h4-10,12-17,25H,11H2,1-3H3. The van der Waals surface area contributed by atoms with Gasteiger partial charge >= 0.3 is 0 Å². The lowest BCUT2D eigenvalue weighted by Crippen LogP contribution is -2.31. The van der Waals surface area contributed by atoms with Gasteiger partial charge in [0.25, 0.3) is 0 Å². The number of nitrogens with one attached hydrogen (secondary N) is 1. The molecule has 0 amide bonds. The van der Waals surface area contributed by atoms with E-state index >= 15 is 0 Å². The third-order valence-corrected chi connectivity index (χ3v) is 5.73. The zero-order valence-corrected chi connectivity index (χ0v) is 18.7. The second-order valence-electron chi connectivity index (χ2n) is 6.86. The van der Waals surface area contributed by atoms with Gasteiger partial charge in [0, 0.05) is 35.5 Å². The number of Topliss-reactive ketones (excluding diaryl/α,β-unsaturated/α-hetero) is 1. The number of carbonyl (C=O) groups is 1. The van der Waals surface area contributed by atoms with Crippen molar-refractivity contribution in [2.24, 2.45) is 0 Å². The second-order valence-corrected chi connectivity index (χ2v) is 9.01. The molecule has 1 aromatic heterocycles. The molecule has 0 saturated carbocycles. The van der Waals surface area contributed by atoms with Gasteiger partial charge in [0.15, 0.2) is 5.78 Å². The largest absolute Gasteiger partial charge is 0.491 e. The molecule has 1 N–H and O–H groups in total. The fraction of sp³-hybridized carbons (Fsp3) is 0.273. The highest BCUT2D eigenvalue weighted by Crippen LogP contribution is 2.17. The lowest BCUT2D eigenvalue weighted by molar-refractivity contribution is 0.0995. The summed E-state index contributed by atoms with van der Waals surface area (Å²) in [6.07, 6.45) is 8.01. The van der Waals surface area contributed by atoms with Crippen LogP contribution in [0.3, 0.4) is 0 Å². The van der Waals surface area contributed by atoms with Gasteiger partial charge in [-0.1, -0.05) is 23.8 Å². The van der Waals surface area contributed by atoms with Gasteiger partial charge in [0.05, 0.1) is 11.0 Å². The van der Waals surface area contributed by atoms with Crippen LogP contribution in [0.15, 0.2) is 76.9 Å². The van der Waals surface area contributed by atoms with Gasteiger partial charge in [0.2, 0.25) is 10.0 Å². The van der Waals surface area contributed by atoms with Crippen LogP contribution in [0, 0.1) is 0 Å². The average molecular weight is 449 g/mol. The molecule has 0 spiro atoms. The number of benzene rings is 1. The van der Waals surface area contributed by atoms with Crippen LogP contribution < -0.4 is 9.46 Å². The molecular formula is C22H25ClN2O4S. The molecular weight excluding hydrogens is 424 g/mol. The molecule has 1 unspecified atom stereocenters. The average Bonchev–Trinajstić information content (AvgIpc) is 2.70. The fourth-order valence-electron chi connectivity index (χ4n) is 2.47. The van der Waals surface area contributed by atoms with Crippen LogP contribution in [0.2, 0.25) is 0 Å². The van der Waals surface area contributed by atoms with Crippen LogP contribution in [0.5, 0.6) is 5.75 Å². The summed E-state index contributed by atoms with van der Waals surface area (Å²) in [7, 11) is -3.69. The van der Waals surface area contributed by atoms with Crippen LogP contribution in [0.1, 0.15) is 37.6 Å². The van der Waals surface area contributed by atoms with Crippen LogP contribution in [-0.2, 0) is 10.0 Å². The van der Waals surface area contributed by atoms with Crippen molar-refractivity contribution in [1.82, 2.24) is 9.71 Å². The van der Waals surface area contributed by atoms with Crippen molar-refractivity contribution in [2.75, 3.05) is 0 Å². The Bertz CT molecular complexity index is 1000. The maximum absolute atomic E-state index is 12.5. The summed E-state index contributed by atoms with van der Waals surface area (Å²) in [6.45, 7) is 5.49. The van der Waals surface area contributed by atoms with E-state index in [0.717, 1.165) is 0 Å². The molecule has 0 aliphatic rings. The molecule has 0 saturated heterocycles. The maximum Gasteiger partial charge on any atom is 0.241 e. The third-order valence-electron chi connectivity index (χ3n) is 3.88. The van der Waals surface area contributed by atoms with E-state index < -0.39 is 16.1 Å². The van der Waals surface area contributed by atoms with Gasteiger partial charge in [0.1, 0.15) is 5.75 Å². The number of hydrogen-bond donors (Lipinski definition) is 1. The minimum atomic E-state index is -3.69. The van der Waals surface area contributed by atoms with Crippen molar-refractivity contribution < 1.29 is 17.9 Å². The van der Waals surface area contributed by atoms with Crippen molar-refractivity contribution in [2.45, 2.75) is 44.2 Å². The van der Waals surface area contributed by atoms with Gasteiger partial charge in [-0.2, -0.15) is 0 Å². The zero-order chi connectivity index (χ0) is 22.1. The summed E-state index contributed by atoms with van der Waals surface area (Å²) in [5, 5.41) is 0.346. The van der Waals surface area contributed by atoms with Crippen molar-refractivity contribution >= 4 is 27.4 Å². The highest BCUT2D eigenvalue weighted by atomic mass is 35.5. The molecule has 1 aromatic carbocycles. The topological polar surface area (TPSA) is 85.4 Å². The summed E-state index contributed by atoms with van der Waals surface area (Å²) < 4.78 is 33.1. The highest BCUT2D eigenvalue weighted by Gasteiger charge is 2.16. The zero-order valence-electron chi connectivity index (χ0n) is 17.1. The van der Waals surface area contributed by atoms with Crippen LogP contribution >= 0.6 is 11.6 Å². The number of pyridine rings is 1. The number of aromatic nitrogens is 1. The molecule has 8 heteroatoms. The number of sulfonamides is 1. The van der Waals surface area contributed by atoms with E-state index in [1.54, 1.807) is 61.8 Å². The highest BCUT2D eigenvalue weighted by molar-refractivity contribution is 7.89. The molecule has 1 atom stereocenters. The Balaban J connectivity index is 1.93. The number of allylic oxidation sites excluding steroid dienone is 3. The summed E-state index contributed by atoms with van der Waals surface area (Å²) in [4.78, 5) is 16.1. The minimum absolute atomic E-state index is 0.00791. The number of halogens is 1. The number of ether oxygens (including phenoxy) is 1. The predicted octanol–water partition coefficient (Wildman–Crippen LogP) is 4.49. The van der Waals surface area contributed by atoms with Gasteiger partial charge < -0.3 is 4.74 Å². The van der Waals surface area contributed by atoms with Crippen molar-refractivity contribution in [3.8, 4) is 5.75 Å². The molecule has 0 aliphatic carbocycles. The summed E-state index contributed by atoms with van der Waals surface area (Å²) in [5.74, 6) is 0.526. The molecule has 0 aliphatic heterocycles. The minimum Gasteiger partial charge on any atom is -0.491 e. The molecule has 0 radical (unpaired) electrons. The molecule has 160 valence electrons. The molecule has 6 nitrogen and oxygen atoms in total. The Morgan fingerprint density at radius 1 is 1.13 bits per heavy atom. The van der Waals surface area contributed by atoms with E-state index in [1.165, 1.54) is 12.1 Å². The lowest BCUT2D eigenvalue weighted by atomic mass is 10.1. The lowest BCUT2D eigenvalue weighted by Gasteiger charge is -2.12. The fourth-order valence-corrected chi connectivity index (χ4v) is 3.82. The molecule has 2 aromatic rings. The normalized spacial score (nSPS) is 13.6. The Labute approximate surface area is 182 Å². The Kier molecular flexibility index (Phi) is 8.77. The summed E-state index contributed by atoms with van der Waals surface area (Å²) in [6, 6.07) is 9.00. The van der Waals surface area contributed by atoms with E-state index in [0.29, 0.717) is 16.3 Å². The Morgan fingerprint density at radius 3 is 2.37 bits per heavy atom. The van der Waals surface area contributed by atoms with Crippen molar-refractivity contribution in [3.05, 3.63) is 77.6 Å². The maximum atomic E-state index is 12.5. The van der Waals surface area contributed by atoms with Crippen LogP contribution in [-0.4, -0.2) is 31.3 Å². The number of nitrogens with zero attached hydrogens (tertiary/aromatic N) is 1. The van der Waals surface area contributed by atoms with Gasteiger partial charge in [-0.25, -0.2) is 13.1 Å². The molecule has 2 rings (SSSR count). The van der Waals surface area contributed by atoms with Gasteiger partial charge in [-0.3, -0.25) is 9.78 Å². The van der Waals surface area contributed by atoms with E-state index in [9.17, 15) is 13.2 Å². The first-order valence-corrected chi connectivity index (χ1v) is 11.3. The quantitative estimate of drug-likeness (QED) is 0.427. The first-order valence-electron chi connectivity index (χ1n) is 9.43. The van der Waals surface area contributed by atoms with E-state index in [-0.39, 0.29) is 23.2 Å². The van der Waals surface area contributed by atoms with Crippen molar-refractivity contribution in [1.29, 1.82) is 0 Å². The van der Waals surface area contributed by atoms with Crippen molar-refractivity contribution in [3.63, 3.8) is 0 Å². The van der Waals surface area contributed by atoms with Gasteiger partial charge in [-0.15, -0.1) is 0 Å². The summed E-state index contributed by atoms with van der Waals surface area (Å²) >= 11 is 6.12. The molecule has 0 fully saturated rings. The number of rotatable bonds is 10. The smallest absolute Gasteiger partial charge is 0.241 e.